The van der Waals surface area contributed by atoms with E-state index in [1.165, 1.54) is 5.06 Å². The summed E-state index contributed by atoms with van der Waals surface area (Å²) in [5, 5.41) is 16.5. The van der Waals surface area contributed by atoms with Crippen LogP contribution >= 0.6 is 0 Å². The second-order valence-electron chi connectivity index (χ2n) is 11.8. The van der Waals surface area contributed by atoms with Crippen molar-refractivity contribution in [3.05, 3.63) is 5.32 Å². The molecule has 8 nitrogen and oxygen atoms in total. The van der Waals surface area contributed by atoms with Crippen molar-refractivity contribution in [3.8, 4) is 0 Å². The number of hydroxylamine groups is 2. The number of esters is 2. The summed E-state index contributed by atoms with van der Waals surface area (Å²) >= 11 is 0. The second-order valence-corrected chi connectivity index (χ2v) is 11.8. The molecule has 2 aliphatic heterocycles. The Morgan fingerprint density at radius 3 is 1.52 bits per heavy atom. The molecule has 0 amide bonds. The van der Waals surface area contributed by atoms with E-state index >= 15 is 0 Å². The maximum absolute atomic E-state index is 12.5. The predicted molar refractivity (Wildman–Crippen MR) is 121 cm³/mol. The number of piperidine rings is 2. The fraction of sp³-hybridized carbons (Fsp3) is 0.917. The van der Waals surface area contributed by atoms with E-state index in [1.54, 1.807) is 0 Å². The van der Waals surface area contributed by atoms with Crippen molar-refractivity contribution in [1.82, 2.24) is 5.06 Å². The molecule has 0 unspecified atom stereocenters. The summed E-state index contributed by atoms with van der Waals surface area (Å²) in [6.07, 6.45) is 2.44. The Labute approximate surface area is 212 Å². The van der Waals surface area contributed by atoms with E-state index in [2.05, 4.69) is 0 Å². The van der Waals surface area contributed by atoms with Crippen LogP contribution in [0.1, 0.15) is 81.1 Å². The largest absolute Gasteiger partial charge is 1.00 e. The van der Waals surface area contributed by atoms with Crippen LogP contribution in [0.3, 0.4) is 0 Å². The molecule has 0 aliphatic carbocycles. The third-order valence-electron chi connectivity index (χ3n) is 6.35. The van der Waals surface area contributed by atoms with Crippen LogP contribution in [0.4, 0.5) is 0 Å². The van der Waals surface area contributed by atoms with Gasteiger partial charge in [-0.2, -0.15) is 5.06 Å². The van der Waals surface area contributed by atoms with Crippen LogP contribution in [0, 0.1) is 11.8 Å². The van der Waals surface area contributed by atoms with Gasteiger partial charge in [0.05, 0.1) is 25.0 Å². The molecule has 2 fully saturated rings. The SMILES string of the molecule is CC1(C)CC(C(=O)OCCOCCOC(=O)C2CC(C)(C)N(O)C(C)(C)C2)CC(C)(C)[N-]1.[Os+]. The quantitative estimate of drug-likeness (QED) is 0.314. The third-order valence-corrected chi connectivity index (χ3v) is 6.35. The molecule has 2 rings (SSSR count). The summed E-state index contributed by atoms with van der Waals surface area (Å²) < 4.78 is 16.3. The summed E-state index contributed by atoms with van der Waals surface area (Å²) in [7, 11) is 0. The molecule has 2 saturated heterocycles. The van der Waals surface area contributed by atoms with Crippen LogP contribution in [0.2, 0.25) is 0 Å². The van der Waals surface area contributed by atoms with Gasteiger partial charge in [0, 0.05) is 11.1 Å². The first-order valence-electron chi connectivity index (χ1n) is 11.7. The fourth-order valence-electron chi connectivity index (χ4n) is 5.53. The Morgan fingerprint density at radius 1 is 0.758 bits per heavy atom. The maximum atomic E-state index is 12.5. The third kappa shape index (κ3) is 8.85. The Balaban J connectivity index is 0.00000544. The standard InChI is InChI=1S/C24H43N2O6.Os/c1-21(2)13-17(14-22(3,4)25-21)19(27)31-11-9-30-10-12-32-20(28)18-15-23(5,6)26(29)24(7,8)16-18;/h17-18,29H,9-16H2,1-8H3;/q-1;+1. The summed E-state index contributed by atoms with van der Waals surface area (Å²) in [6, 6.07) is 0. The average molecular weight is 646 g/mol. The summed E-state index contributed by atoms with van der Waals surface area (Å²) in [4.78, 5) is 24.9. The zero-order valence-electron chi connectivity index (χ0n) is 21.5. The van der Waals surface area contributed by atoms with E-state index < -0.39 is 11.1 Å². The van der Waals surface area contributed by atoms with Crippen molar-refractivity contribution in [1.29, 1.82) is 0 Å². The van der Waals surface area contributed by atoms with Crippen LogP contribution in [0.5, 0.6) is 0 Å². The number of hydrogen-bond donors (Lipinski definition) is 1. The molecule has 33 heavy (non-hydrogen) atoms. The Bertz CT molecular complexity index is 646. The molecular weight excluding hydrogens is 603 g/mol. The monoisotopic (exact) mass is 647 g/mol. The van der Waals surface area contributed by atoms with Gasteiger partial charge in [-0.3, -0.25) is 9.59 Å². The first-order chi connectivity index (χ1) is 14.5. The van der Waals surface area contributed by atoms with Crippen molar-refractivity contribution in [2.24, 2.45) is 11.8 Å². The minimum absolute atomic E-state index is 0. The number of carbonyl (C=O) groups is 2. The number of nitrogens with zero attached hydrogens (tertiary/aromatic N) is 2. The van der Waals surface area contributed by atoms with Gasteiger partial charge in [0.15, 0.2) is 0 Å². The van der Waals surface area contributed by atoms with Crippen LogP contribution in [0.15, 0.2) is 0 Å². The molecule has 1 N–H and O–H groups in total. The molecule has 2 aliphatic rings. The molecule has 0 aromatic heterocycles. The van der Waals surface area contributed by atoms with Crippen LogP contribution < -0.4 is 0 Å². The van der Waals surface area contributed by atoms with Crippen LogP contribution in [-0.2, 0) is 43.6 Å². The minimum atomic E-state index is -0.497. The van der Waals surface area contributed by atoms with E-state index in [4.69, 9.17) is 19.5 Å². The number of hydrogen-bond acceptors (Lipinski definition) is 7. The van der Waals surface area contributed by atoms with E-state index in [9.17, 15) is 14.8 Å². The molecule has 0 aromatic carbocycles. The van der Waals surface area contributed by atoms with Gasteiger partial charge >= 0.3 is 31.7 Å². The van der Waals surface area contributed by atoms with Gasteiger partial charge in [0.2, 0.25) is 0 Å². The van der Waals surface area contributed by atoms with Crippen LogP contribution in [-0.4, -0.2) is 70.8 Å². The molecule has 0 spiro atoms. The predicted octanol–water partition coefficient (Wildman–Crippen LogP) is 4.09. The number of carbonyl (C=O) groups excluding carboxylic acids is 2. The second kappa shape index (κ2) is 11.4. The normalized spacial score (nSPS) is 24.5. The minimum Gasteiger partial charge on any atom is -0.652 e. The average Bonchev–Trinajstić information content (AvgIpc) is 2.61. The number of rotatable bonds is 8. The van der Waals surface area contributed by atoms with E-state index in [0.29, 0.717) is 25.7 Å². The molecule has 1 radical (unpaired) electrons. The summed E-state index contributed by atoms with van der Waals surface area (Å²) in [6.45, 7) is 16.7. The van der Waals surface area contributed by atoms with Crippen molar-refractivity contribution in [2.75, 3.05) is 26.4 Å². The zero-order chi connectivity index (χ0) is 24.4. The van der Waals surface area contributed by atoms with Crippen molar-refractivity contribution in [2.45, 2.75) is 103 Å². The van der Waals surface area contributed by atoms with Gasteiger partial charge < -0.3 is 24.7 Å². The van der Waals surface area contributed by atoms with Crippen molar-refractivity contribution in [3.63, 3.8) is 0 Å². The van der Waals surface area contributed by atoms with Gasteiger partial charge in [-0.15, -0.1) is 11.1 Å². The molecule has 0 bridgehead atoms. The Hall–Kier alpha value is -0.584. The molecule has 0 saturated carbocycles. The van der Waals surface area contributed by atoms with E-state index in [0.717, 1.165) is 0 Å². The Morgan fingerprint density at radius 2 is 1.12 bits per heavy atom. The first-order valence-corrected chi connectivity index (χ1v) is 11.7. The molecule has 193 valence electrons. The van der Waals surface area contributed by atoms with Gasteiger partial charge in [-0.25, -0.2) is 0 Å². The summed E-state index contributed by atoms with van der Waals surface area (Å²) in [5.74, 6) is -0.879. The Kier molecular flexibility index (Phi) is 10.6. The zero-order valence-corrected chi connectivity index (χ0v) is 24.1. The van der Waals surface area contributed by atoms with Gasteiger partial charge in [0.1, 0.15) is 13.2 Å². The van der Waals surface area contributed by atoms with Crippen molar-refractivity contribution >= 4 is 11.9 Å². The summed E-state index contributed by atoms with van der Waals surface area (Å²) in [5.41, 5.74) is -1.46. The van der Waals surface area contributed by atoms with Gasteiger partial charge in [-0.05, 0) is 40.5 Å². The molecule has 9 heteroatoms. The fourth-order valence-corrected chi connectivity index (χ4v) is 5.53. The molecule has 0 atom stereocenters. The number of ether oxygens (including phenoxy) is 3. The topological polar surface area (TPSA) is 99.4 Å². The van der Waals surface area contributed by atoms with E-state index in [1.807, 2.05) is 55.4 Å². The molecule has 0 aromatic rings. The molecular formula is C24H43N2O6Os. The van der Waals surface area contributed by atoms with Crippen LogP contribution in [0.25, 0.3) is 5.32 Å². The maximum Gasteiger partial charge on any atom is 1.00 e. The molecule has 2 heterocycles. The van der Waals surface area contributed by atoms with Crippen molar-refractivity contribution < 1.29 is 48.8 Å². The van der Waals surface area contributed by atoms with E-state index in [-0.39, 0.29) is 81.1 Å². The smallest absolute Gasteiger partial charge is 0.652 e. The van der Waals surface area contributed by atoms with Gasteiger partial charge in [-0.1, -0.05) is 40.5 Å². The van der Waals surface area contributed by atoms with Gasteiger partial charge in [0.25, 0.3) is 0 Å². The first kappa shape index (κ1) is 30.4.